The normalized spacial score (nSPS) is 12.7. The molecule has 0 fully saturated rings. The Bertz CT molecular complexity index is 1210. The Hall–Kier alpha value is -3.47. The van der Waals surface area contributed by atoms with Gasteiger partial charge in [-0.1, -0.05) is 118 Å². The van der Waals surface area contributed by atoms with Crippen molar-refractivity contribution in [2.45, 2.75) is 168 Å². The van der Waals surface area contributed by atoms with E-state index in [0.29, 0.717) is 44.9 Å². The van der Waals surface area contributed by atoms with E-state index in [1.165, 1.54) is 18.2 Å². The SMILES string of the molecule is CCCCCCCCOC(=O)c1ccc(C(=O)OCCCCCCCC)c(C(C(=O)OCCCC)C(O)(CC(=O)OCCCC)C(=O)OCCCC)c1. The molecule has 2 unspecified atom stereocenters. The average molecular weight is 749 g/mol. The molecule has 0 aliphatic carbocycles. The smallest absolute Gasteiger partial charge is 0.340 e. The van der Waals surface area contributed by atoms with E-state index in [-0.39, 0.29) is 49.7 Å². The van der Waals surface area contributed by atoms with Gasteiger partial charge in [0.05, 0.1) is 50.6 Å². The zero-order valence-electron chi connectivity index (χ0n) is 33.3. The van der Waals surface area contributed by atoms with E-state index in [4.69, 9.17) is 23.7 Å². The molecular formula is C42H68O11. The van der Waals surface area contributed by atoms with Crippen LogP contribution in [0.25, 0.3) is 0 Å². The van der Waals surface area contributed by atoms with Gasteiger partial charge in [0.2, 0.25) is 0 Å². The molecule has 0 saturated carbocycles. The van der Waals surface area contributed by atoms with Crippen molar-refractivity contribution in [3.63, 3.8) is 0 Å². The van der Waals surface area contributed by atoms with Crippen LogP contribution >= 0.6 is 0 Å². The van der Waals surface area contributed by atoms with E-state index < -0.39 is 47.8 Å². The van der Waals surface area contributed by atoms with Gasteiger partial charge in [-0.3, -0.25) is 9.59 Å². The minimum atomic E-state index is -2.87. The molecule has 0 saturated heterocycles. The Balaban J connectivity index is 3.71. The van der Waals surface area contributed by atoms with Crippen molar-refractivity contribution >= 4 is 29.8 Å². The van der Waals surface area contributed by atoms with E-state index in [9.17, 15) is 29.1 Å². The summed E-state index contributed by atoms with van der Waals surface area (Å²) >= 11 is 0. The zero-order chi connectivity index (χ0) is 39.3. The summed E-state index contributed by atoms with van der Waals surface area (Å²) in [5.74, 6) is -6.76. The molecule has 0 spiro atoms. The van der Waals surface area contributed by atoms with Crippen LogP contribution in [0.2, 0.25) is 0 Å². The van der Waals surface area contributed by atoms with Gasteiger partial charge in [-0.15, -0.1) is 0 Å². The van der Waals surface area contributed by atoms with Crippen molar-refractivity contribution in [2.75, 3.05) is 33.0 Å². The van der Waals surface area contributed by atoms with Gasteiger partial charge in [-0.2, -0.15) is 0 Å². The molecule has 0 aliphatic heterocycles. The minimum Gasteiger partial charge on any atom is -0.466 e. The topological polar surface area (TPSA) is 152 Å². The summed E-state index contributed by atoms with van der Waals surface area (Å²) < 4.78 is 27.5. The van der Waals surface area contributed by atoms with Gasteiger partial charge in [-0.05, 0) is 55.9 Å². The van der Waals surface area contributed by atoms with Crippen molar-refractivity contribution in [1.29, 1.82) is 0 Å². The summed E-state index contributed by atoms with van der Waals surface area (Å²) in [4.78, 5) is 68.2. The van der Waals surface area contributed by atoms with Gasteiger partial charge in [0.1, 0.15) is 5.92 Å². The fourth-order valence-electron chi connectivity index (χ4n) is 5.68. The van der Waals surface area contributed by atoms with Gasteiger partial charge < -0.3 is 28.8 Å². The summed E-state index contributed by atoms with van der Waals surface area (Å²) in [6, 6.07) is 3.93. The van der Waals surface area contributed by atoms with E-state index in [0.717, 1.165) is 70.6 Å². The maximum absolute atomic E-state index is 14.1. The number of hydrogen-bond acceptors (Lipinski definition) is 11. The number of aliphatic hydroxyl groups is 1. The lowest BCUT2D eigenvalue weighted by Gasteiger charge is -2.33. The van der Waals surface area contributed by atoms with Crippen molar-refractivity contribution in [3.05, 3.63) is 34.9 Å². The predicted molar refractivity (Wildman–Crippen MR) is 204 cm³/mol. The number of carbonyl (C=O) groups excluding carboxylic acids is 5. The van der Waals surface area contributed by atoms with Crippen LogP contribution < -0.4 is 0 Å². The predicted octanol–water partition coefficient (Wildman–Crippen LogP) is 8.96. The molecule has 1 N–H and O–H groups in total. The lowest BCUT2D eigenvalue weighted by Crippen LogP contribution is -2.51. The number of unbranched alkanes of at least 4 members (excludes halogenated alkanes) is 13. The summed E-state index contributed by atoms with van der Waals surface area (Å²) in [6.07, 6.45) is 14.4. The standard InChI is InChI=1S/C42H68O11/c1-6-11-16-18-20-22-29-50-38(44)33-24-25-34(39(45)51-30-23-21-19-17-12-7-2)35(31-33)37(40(46)52-27-14-9-4)42(48,41(47)53-28-15-10-5)32-36(43)49-26-13-8-3/h24-25,31,37,48H,6-23,26-30,32H2,1-5H3. The second-order valence-corrected chi connectivity index (χ2v) is 13.7. The fraction of sp³-hybridized carbons (Fsp3) is 0.738. The summed E-state index contributed by atoms with van der Waals surface area (Å²) in [6.45, 7) is 10.1. The van der Waals surface area contributed by atoms with Crippen LogP contribution in [-0.2, 0) is 38.1 Å². The molecule has 302 valence electrons. The lowest BCUT2D eigenvalue weighted by atomic mass is 9.77. The molecule has 0 aliphatic rings. The molecule has 1 aromatic carbocycles. The Kier molecular flexibility index (Phi) is 26.0. The molecule has 53 heavy (non-hydrogen) atoms. The van der Waals surface area contributed by atoms with Crippen LogP contribution in [0, 0.1) is 0 Å². The number of benzene rings is 1. The Labute approximate surface area is 318 Å². The highest BCUT2D eigenvalue weighted by Gasteiger charge is 2.54. The Morgan fingerprint density at radius 3 is 1.55 bits per heavy atom. The van der Waals surface area contributed by atoms with E-state index in [1.54, 1.807) is 0 Å². The quantitative estimate of drug-likeness (QED) is 0.0440. The Morgan fingerprint density at radius 1 is 0.547 bits per heavy atom. The zero-order valence-corrected chi connectivity index (χ0v) is 33.3. The first-order valence-electron chi connectivity index (χ1n) is 20.3. The highest BCUT2D eigenvalue weighted by Crippen LogP contribution is 2.38. The number of esters is 5. The Morgan fingerprint density at radius 2 is 1.00 bits per heavy atom. The largest absolute Gasteiger partial charge is 0.466 e. The third kappa shape index (κ3) is 18.4. The number of ether oxygens (including phenoxy) is 5. The van der Waals surface area contributed by atoms with Gasteiger partial charge in [0.25, 0.3) is 0 Å². The van der Waals surface area contributed by atoms with Crippen LogP contribution in [0.4, 0.5) is 0 Å². The molecule has 0 aromatic heterocycles. The average Bonchev–Trinajstić information content (AvgIpc) is 3.14. The second kappa shape index (κ2) is 29.0. The molecule has 11 heteroatoms. The van der Waals surface area contributed by atoms with Crippen LogP contribution in [0.5, 0.6) is 0 Å². The molecule has 0 heterocycles. The third-order valence-corrected chi connectivity index (χ3v) is 9.00. The highest BCUT2D eigenvalue weighted by molar-refractivity contribution is 6.00. The summed E-state index contributed by atoms with van der Waals surface area (Å²) in [7, 11) is 0. The van der Waals surface area contributed by atoms with Crippen molar-refractivity contribution in [3.8, 4) is 0 Å². The highest BCUT2D eigenvalue weighted by atomic mass is 16.6. The van der Waals surface area contributed by atoms with E-state index in [1.807, 2.05) is 20.8 Å². The second-order valence-electron chi connectivity index (χ2n) is 13.7. The number of rotatable bonds is 31. The molecule has 1 rings (SSSR count). The summed E-state index contributed by atoms with van der Waals surface area (Å²) in [5, 5.41) is 12.3. The van der Waals surface area contributed by atoms with E-state index in [2.05, 4.69) is 13.8 Å². The maximum atomic E-state index is 14.1. The van der Waals surface area contributed by atoms with Gasteiger partial charge in [-0.25, -0.2) is 14.4 Å². The van der Waals surface area contributed by atoms with Crippen molar-refractivity contribution in [1.82, 2.24) is 0 Å². The van der Waals surface area contributed by atoms with Crippen LogP contribution in [0.3, 0.4) is 0 Å². The lowest BCUT2D eigenvalue weighted by molar-refractivity contribution is -0.181. The first-order valence-corrected chi connectivity index (χ1v) is 20.3. The van der Waals surface area contributed by atoms with Gasteiger partial charge in [0, 0.05) is 0 Å². The fourth-order valence-corrected chi connectivity index (χ4v) is 5.68. The number of carbonyl (C=O) groups is 5. The number of hydrogen-bond donors (Lipinski definition) is 1. The van der Waals surface area contributed by atoms with E-state index >= 15 is 0 Å². The summed E-state index contributed by atoms with van der Waals surface area (Å²) in [5.41, 5.74) is -3.27. The monoisotopic (exact) mass is 748 g/mol. The van der Waals surface area contributed by atoms with Gasteiger partial charge in [0.15, 0.2) is 5.60 Å². The van der Waals surface area contributed by atoms with Crippen LogP contribution in [-0.4, -0.2) is 73.6 Å². The van der Waals surface area contributed by atoms with Crippen LogP contribution in [0.1, 0.15) is 189 Å². The van der Waals surface area contributed by atoms with Crippen molar-refractivity contribution in [2.24, 2.45) is 0 Å². The maximum Gasteiger partial charge on any atom is 0.340 e. The molecule has 1 aromatic rings. The first-order chi connectivity index (χ1) is 25.6. The molecular weight excluding hydrogens is 680 g/mol. The molecule has 2 atom stereocenters. The first kappa shape index (κ1) is 47.6. The van der Waals surface area contributed by atoms with Gasteiger partial charge >= 0.3 is 29.8 Å². The molecule has 11 nitrogen and oxygen atoms in total. The minimum absolute atomic E-state index is 0.0166. The van der Waals surface area contributed by atoms with Crippen LogP contribution in [0.15, 0.2) is 18.2 Å². The van der Waals surface area contributed by atoms with Crippen molar-refractivity contribution < 1.29 is 52.8 Å². The molecule has 0 radical (unpaired) electrons. The third-order valence-electron chi connectivity index (χ3n) is 9.00. The molecule has 0 amide bonds. The molecule has 0 bridgehead atoms.